The van der Waals surface area contributed by atoms with Gasteiger partial charge in [0.2, 0.25) is 0 Å². The van der Waals surface area contributed by atoms with Crippen LogP contribution < -0.4 is 41.8 Å². The Kier molecular flexibility index (Phi) is 31.8. The first-order valence-electron chi connectivity index (χ1n) is 35.1. The lowest BCUT2D eigenvalue weighted by atomic mass is 10.1. The van der Waals surface area contributed by atoms with E-state index in [-0.39, 0.29) is 22.2 Å². The highest BCUT2D eigenvalue weighted by molar-refractivity contribution is 7.99. The Morgan fingerprint density at radius 2 is 0.623 bits per heavy atom. The molecule has 20 nitrogen and oxygen atoms in total. The number of nitrogens with zero attached hydrogens (tertiary/aromatic N) is 12. The molecule has 0 amide bonds. The van der Waals surface area contributed by atoms with Crippen LogP contribution in [0.15, 0.2) is 180 Å². The summed E-state index contributed by atoms with van der Waals surface area (Å²) in [5.41, 5.74) is 2.81. The van der Waals surface area contributed by atoms with Gasteiger partial charge in [0.05, 0.1) is 16.7 Å². The molecule has 0 saturated carbocycles. The van der Waals surface area contributed by atoms with Gasteiger partial charge in [0.15, 0.2) is 20.6 Å². The summed E-state index contributed by atoms with van der Waals surface area (Å²) in [7, 11) is 0. The quantitative estimate of drug-likeness (QED) is 0.0192. The van der Waals surface area contributed by atoms with Gasteiger partial charge in [0.1, 0.15) is 0 Å². The van der Waals surface area contributed by atoms with Crippen molar-refractivity contribution >= 4 is 69.8 Å². The number of rotatable bonds is 24. The van der Waals surface area contributed by atoms with E-state index in [1.54, 1.807) is 49.3 Å². The van der Waals surface area contributed by atoms with Crippen LogP contribution in [0, 0.1) is 13.8 Å². The molecule has 0 spiro atoms. The Morgan fingerprint density at radius 1 is 0.349 bits per heavy atom. The zero-order valence-electron chi connectivity index (χ0n) is 59.1. The summed E-state index contributed by atoms with van der Waals surface area (Å²) in [5, 5.41) is 2.59. The molecule has 0 unspecified atom stereocenters. The van der Waals surface area contributed by atoms with Crippen LogP contribution in [0.4, 0.5) is 62.3 Å². The van der Waals surface area contributed by atoms with Crippen LogP contribution >= 0.6 is 47.0 Å². The van der Waals surface area contributed by atoms with Gasteiger partial charge in [-0.3, -0.25) is 38.8 Å². The van der Waals surface area contributed by atoms with Gasteiger partial charge in [-0.2, -0.15) is 39.5 Å². The minimum absolute atomic E-state index is 0.0835. The highest BCUT2D eigenvalue weighted by Gasteiger charge is 2.34. The fourth-order valence-corrected chi connectivity index (χ4v) is 15.1. The normalized spacial score (nSPS) is 15.8. The topological polar surface area (TPSA) is 209 Å². The van der Waals surface area contributed by atoms with Gasteiger partial charge in [-0.25, -0.2) is 19.9 Å². The lowest BCUT2D eigenvalue weighted by molar-refractivity contribution is -0.138. The van der Waals surface area contributed by atoms with E-state index >= 15 is 0 Å². The Morgan fingerprint density at radius 3 is 0.887 bits per heavy atom. The Hall–Kier alpha value is -7.79. The third kappa shape index (κ3) is 27.8. The number of nitrogens with one attached hydrogen (secondary N) is 4. The van der Waals surface area contributed by atoms with Crippen LogP contribution in [-0.2, 0) is 18.5 Å². The zero-order valence-corrected chi connectivity index (χ0v) is 62.4. The number of hydrogen-bond donors (Lipinski definition) is 4. The summed E-state index contributed by atoms with van der Waals surface area (Å²) < 4.78 is 116. The molecule has 8 aromatic rings. The second kappa shape index (κ2) is 41.0. The van der Waals surface area contributed by atoms with Crippen molar-refractivity contribution < 1.29 is 39.5 Å². The molecule has 8 heterocycles. The summed E-state index contributed by atoms with van der Waals surface area (Å²) in [6, 6.07) is 29.5. The van der Waals surface area contributed by atoms with Crippen molar-refractivity contribution in [1.29, 1.82) is 0 Å². The second-order valence-electron chi connectivity index (χ2n) is 25.5. The third-order valence-electron chi connectivity index (χ3n) is 17.8. The fourth-order valence-electron chi connectivity index (χ4n) is 12.0. The van der Waals surface area contributed by atoms with E-state index in [1.807, 2.05) is 14.7 Å². The predicted molar refractivity (Wildman–Crippen MR) is 406 cm³/mol. The standard InChI is InChI=1S/C19H23F3N4OS.2C18H21F3N4OS.C18H24N4OS/c1-14-13-23-18(24-17(14)27)28-11-3-6-25-7-9-26(10-8-25)16-5-2-4-15(12-16)19(20,21)22;2*19-18(20,21)14-3-1-4-15(13-14)25-10-8-24(9-11-25)7-2-12-27-17-22-6-5-16(26)23-17;1-15-4-2-5-16(14-15)22-11-9-21(10-12-22)8-3-13-24-18-19-7-6-17(23)20-18/h2,4-5,12-13H,3,6-11H2,1H3,(H,23,24,27);2*1,3-6,13H,2,7-12H2,(H,22,23,26);2,4-7,14H,3,8-13H2,1H3,(H,19,20,23). The summed E-state index contributed by atoms with van der Waals surface area (Å²) in [6.07, 6.45) is -2.85. The first-order valence-corrected chi connectivity index (χ1v) is 39.0. The van der Waals surface area contributed by atoms with Crippen LogP contribution in [0.5, 0.6) is 0 Å². The lowest BCUT2D eigenvalue weighted by Gasteiger charge is -2.36. The number of aryl methyl sites for hydroxylation is 2. The molecule has 4 saturated heterocycles. The molecule has 33 heteroatoms. The van der Waals surface area contributed by atoms with E-state index in [0.29, 0.717) is 82.5 Å². The molecule has 0 aliphatic carbocycles. The van der Waals surface area contributed by atoms with Crippen LogP contribution in [0.2, 0.25) is 0 Å². The van der Waals surface area contributed by atoms with Gasteiger partial charge < -0.3 is 39.5 Å². The van der Waals surface area contributed by atoms with Gasteiger partial charge in [-0.15, -0.1) is 0 Å². The third-order valence-corrected chi connectivity index (χ3v) is 21.7. The van der Waals surface area contributed by atoms with Gasteiger partial charge in [-0.1, -0.05) is 77.4 Å². The number of benzene rings is 4. The lowest BCUT2D eigenvalue weighted by Crippen LogP contribution is -2.46. The Balaban J connectivity index is 0.000000164. The van der Waals surface area contributed by atoms with Crippen LogP contribution in [0.25, 0.3) is 0 Å². The largest absolute Gasteiger partial charge is 0.416 e. The minimum atomic E-state index is -4.31. The van der Waals surface area contributed by atoms with Gasteiger partial charge in [-0.05, 0) is 138 Å². The summed E-state index contributed by atoms with van der Waals surface area (Å²) in [6.45, 7) is 21.3. The van der Waals surface area contributed by atoms with Crippen molar-refractivity contribution in [1.82, 2.24) is 59.5 Å². The molecule has 4 aliphatic heterocycles. The number of hydrogen-bond acceptors (Lipinski definition) is 20. The molecular weight excluding hydrogens is 1460 g/mol. The molecule has 0 radical (unpaired) electrons. The Labute approximate surface area is 626 Å². The van der Waals surface area contributed by atoms with Gasteiger partial charge in [0, 0.05) is 199 Å². The van der Waals surface area contributed by atoms with Crippen LogP contribution in [-0.4, -0.2) is 213 Å². The molecule has 4 fully saturated rings. The monoisotopic (exact) mass is 1550 g/mol. The van der Waals surface area contributed by atoms with E-state index in [9.17, 15) is 58.7 Å². The van der Waals surface area contributed by atoms with Crippen LogP contribution in [0.3, 0.4) is 0 Å². The molecule has 572 valence electrons. The molecule has 4 aromatic carbocycles. The van der Waals surface area contributed by atoms with Crippen molar-refractivity contribution in [3.05, 3.63) is 209 Å². The number of aromatic amines is 4. The summed E-state index contributed by atoms with van der Waals surface area (Å²) in [4.78, 5) is 90.5. The van der Waals surface area contributed by atoms with Crippen molar-refractivity contribution in [2.24, 2.45) is 0 Å². The van der Waals surface area contributed by atoms with Crippen molar-refractivity contribution in [3.8, 4) is 0 Å². The SMILES string of the molecule is Cc1cccc(N2CCN(CCCSc3nccc(=O)[nH]3)CC2)c1.Cc1cnc(SCCCN2CCN(c3cccc(C(F)(F)F)c3)CC2)[nH]c1=O.O=c1ccnc(SCCCN2CCN(c3cccc(C(F)(F)F)c3)CC2)[nH]1.O=c1ccnc(SCCCN2CCN(c3cccc(C(F)(F)F)c3)CC2)[nH]1. The van der Waals surface area contributed by atoms with Gasteiger partial charge in [0.25, 0.3) is 22.2 Å². The van der Waals surface area contributed by atoms with E-state index in [1.165, 1.54) is 114 Å². The highest BCUT2D eigenvalue weighted by atomic mass is 32.2. The predicted octanol–water partition coefficient (Wildman–Crippen LogP) is 12.0. The smallest absolute Gasteiger partial charge is 0.369 e. The molecule has 0 atom stereocenters. The second-order valence-corrected chi connectivity index (χ2v) is 29.9. The number of H-pyrrole nitrogens is 4. The van der Waals surface area contributed by atoms with Gasteiger partial charge >= 0.3 is 18.5 Å². The zero-order chi connectivity index (χ0) is 75.5. The molecule has 12 rings (SSSR count). The minimum Gasteiger partial charge on any atom is -0.369 e. The fraction of sp³-hybridized carbons (Fsp3) is 0.452. The number of halogens is 9. The molecule has 4 aliphatic rings. The number of thioether (sulfide) groups is 4. The first-order chi connectivity index (χ1) is 50.9. The van der Waals surface area contributed by atoms with Crippen LogP contribution in [0.1, 0.15) is 53.5 Å². The maximum atomic E-state index is 12.9. The average molecular weight is 1550 g/mol. The molecule has 4 aromatic heterocycles. The number of aromatic nitrogens is 8. The average Bonchev–Trinajstić information content (AvgIpc) is 0.840. The first kappa shape index (κ1) is 82.3. The Bertz CT molecular complexity index is 4100. The van der Waals surface area contributed by atoms with E-state index < -0.39 is 35.2 Å². The highest BCUT2D eigenvalue weighted by Crippen LogP contribution is 2.35. The summed E-state index contributed by atoms with van der Waals surface area (Å²) in [5.74, 6) is 3.52. The number of anilines is 4. The molecule has 106 heavy (non-hydrogen) atoms. The van der Waals surface area contributed by atoms with E-state index in [4.69, 9.17) is 0 Å². The van der Waals surface area contributed by atoms with Crippen molar-refractivity contribution in [2.75, 3.05) is 174 Å². The maximum absolute atomic E-state index is 12.9. The summed E-state index contributed by atoms with van der Waals surface area (Å²) >= 11 is 6.17. The van der Waals surface area contributed by atoms with E-state index in [2.05, 4.69) is 95.6 Å². The maximum Gasteiger partial charge on any atom is 0.416 e. The van der Waals surface area contributed by atoms with Crippen molar-refractivity contribution in [3.63, 3.8) is 0 Å². The number of alkyl halides is 9. The molecular formula is C73H89F9N16O4S4. The molecule has 4 N–H and O–H groups in total. The number of piperazine rings is 4. The van der Waals surface area contributed by atoms with Crippen molar-refractivity contribution in [2.45, 2.75) is 78.7 Å². The van der Waals surface area contributed by atoms with E-state index in [0.717, 1.165) is 159 Å². The molecule has 0 bridgehead atoms.